The first kappa shape index (κ1) is 26.7. The van der Waals surface area contributed by atoms with Gasteiger partial charge in [0.15, 0.2) is 5.78 Å². The number of carbonyl (C=O) groups excluding carboxylic acids is 3. The van der Waals surface area contributed by atoms with Crippen molar-refractivity contribution in [3.63, 3.8) is 0 Å². The van der Waals surface area contributed by atoms with Gasteiger partial charge in [0.05, 0.1) is 5.71 Å². The molecule has 0 saturated carbocycles. The molecule has 0 bridgehead atoms. The predicted octanol–water partition coefficient (Wildman–Crippen LogP) is 3.50. The number of hydrogen-bond acceptors (Lipinski definition) is 5. The lowest BCUT2D eigenvalue weighted by molar-refractivity contribution is -0.114. The van der Waals surface area contributed by atoms with Crippen LogP contribution in [0.3, 0.4) is 0 Å². The van der Waals surface area contributed by atoms with Crippen LogP contribution in [0.1, 0.15) is 41.8 Å². The molecule has 0 saturated heterocycles. The Kier molecular flexibility index (Phi) is 11.4. The standard InChI is InChI=1S/C27H34N4O3/c1-4-31(5-2)18-17-29-27(34)23-12-10-22(11-13-23)26(28-3)16-15-25(33)14-9-21-7-6-8-24(19-21)30-20-32/h6-8,10-13,15-16,19-20H,4-5,9,14,17-18H2,1-3H3,(H,29,34)(H,30,32)/b16-15-,28-26?. The summed E-state index contributed by atoms with van der Waals surface area (Å²) in [5, 5.41) is 5.56. The summed E-state index contributed by atoms with van der Waals surface area (Å²) in [7, 11) is 1.67. The van der Waals surface area contributed by atoms with E-state index in [2.05, 4.69) is 34.4 Å². The first-order chi connectivity index (χ1) is 16.5. The van der Waals surface area contributed by atoms with Crippen molar-refractivity contribution < 1.29 is 14.4 Å². The average Bonchev–Trinajstić information content (AvgIpc) is 2.86. The van der Waals surface area contributed by atoms with Crippen molar-refractivity contribution in [3.05, 3.63) is 77.4 Å². The number of aliphatic imine (C=N–C) groups is 1. The van der Waals surface area contributed by atoms with Crippen molar-refractivity contribution in [2.45, 2.75) is 26.7 Å². The maximum atomic E-state index is 12.4. The largest absolute Gasteiger partial charge is 0.351 e. The molecule has 0 atom stereocenters. The molecule has 0 spiro atoms. The zero-order valence-corrected chi connectivity index (χ0v) is 20.2. The quantitative estimate of drug-likeness (QED) is 0.255. The molecule has 0 unspecified atom stereocenters. The highest BCUT2D eigenvalue weighted by atomic mass is 16.1. The topological polar surface area (TPSA) is 90.9 Å². The number of carbonyl (C=O) groups is 3. The Morgan fingerprint density at radius 2 is 1.71 bits per heavy atom. The van der Waals surface area contributed by atoms with E-state index in [-0.39, 0.29) is 11.7 Å². The number of allylic oxidation sites excluding steroid dienone is 2. The Hall–Kier alpha value is -3.58. The van der Waals surface area contributed by atoms with Gasteiger partial charge in [0.2, 0.25) is 6.41 Å². The van der Waals surface area contributed by atoms with E-state index in [1.54, 1.807) is 31.3 Å². The van der Waals surface area contributed by atoms with Gasteiger partial charge < -0.3 is 15.5 Å². The van der Waals surface area contributed by atoms with Gasteiger partial charge in [0.25, 0.3) is 5.91 Å². The lowest BCUT2D eigenvalue weighted by atomic mass is 10.0. The fraction of sp³-hybridized carbons (Fsp3) is 0.333. The number of ketones is 1. The minimum atomic E-state index is -0.105. The molecule has 0 aliphatic carbocycles. The summed E-state index contributed by atoms with van der Waals surface area (Å²) in [5.41, 5.74) is 3.77. The summed E-state index contributed by atoms with van der Waals surface area (Å²) >= 11 is 0. The highest BCUT2D eigenvalue weighted by Crippen LogP contribution is 2.12. The molecule has 2 aromatic carbocycles. The van der Waals surface area contributed by atoms with E-state index in [1.807, 2.05) is 30.3 Å². The third kappa shape index (κ3) is 8.75. The van der Waals surface area contributed by atoms with E-state index in [1.165, 1.54) is 6.08 Å². The van der Waals surface area contributed by atoms with Crippen LogP contribution in [0.2, 0.25) is 0 Å². The molecule has 0 aliphatic heterocycles. The molecule has 0 aromatic heterocycles. The number of rotatable bonds is 14. The van der Waals surface area contributed by atoms with Gasteiger partial charge in [-0.25, -0.2) is 0 Å². The van der Waals surface area contributed by atoms with Gasteiger partial charge in [-0.05, 0) is 67.1 Å². The molecule has 34 heavy (non-hydrogen) atoms. The monoisotopic (exact) mass is 462 g/mol. The maximum Gasteiger partial charge on any atom is 0.251 e. The van der Waals surface area contributed by atoms with Gasteiger partial charge in [-0.1, -0.05) is 38.1 Å². The average molecular weight is 463 g/mol. The summed E-state index contributed by atoms with van der Waals surface area (Å²) in [6.07, 6.45) is 4.79. The molecule has 2 rings (SSSR count). The highest BCUT2D eigenvalue weighted by molar-refractivity contribution is 6.11. The molecule has 2 N–H and O–H groups in total. The third-order valence-corrected chi connectivity index (χ3v) is 5.53. The fourth-order valence-electron chi connectivity index (χ4n) is 3.47. The molecule has 7 nitrogen and oxygen atoms in total. The van der Waals surface area contributed by atoms with Crippen LogP contribution < -0.4 is 10.6 Å². The van der Waals surface area contributed by atoms with Crippen LogP contribution in [-0.4, -0.2) is 61.9 Å². The summed E-state index contributed by atoms with van der Waals surface area (Å²) < 4.78 is 0. The molecule has 2 amide bonds. The minimum absolute atomic E-state index is 0.0147. The Morgan fingerprint density at radius 3 is 2.35 bits per heavy atom. The van der Waals surface area contributed by atoms with Gasteiger partial charge >= 0.3 is 0 Å². The van der Waals surface area contributed by atoms with Gasteiger partial charge in [0.1, 0.15) is 0 Å². The van der Waals surface area contributed by atoms with E-state index in [0.717, 1.165) is 30.8 Å². The SMILES string of the molecule is CCN(CC)CCNC(=O)c1ccc(C(/C=C\C(=O)CCc2cccc(NC=O)c2)=NC)cc1. The van der Waals surface area contributed by atoms with Crippen molar-refractivity contribution in [3.8, 4) is 0 Å². The van der Waals surface area contributed by atoms with Gasteiger partial charge in [-0.3, -0.25) is 19.4 Å². The predicted molar refractivity (Wildman–Crippen MR) is 138 cm³/mol. The van der Waals surface area contributed by atoms with Crippen LogP contribution in [0.5, 0.6) is 0 Å². The first-order valence-electron chi connectivity index (χ1n) is 11.6. The van der Waals surface area contributed by atoms with Crippen molar-refractivity contribution in [1.82, 2.24) is 10.2 Å². The number of nitrogens with zero attached hydrogens (tertiary/aromatic N) is 2. The smallest absolute Gasteiger partial charge is 0.251 e. The van der Waals surface area contributed by atoms with Crippen LogP contribution in [-0.2, 0) is 16.0 Å². The molecular weight excluding hydrogens is 428 g/mol. The van der Waals surface area contributed by atoms with Gasteiger partial charge in [0, 0.05) is 37.8 Å². The van der Waals surface area contributed by atoms with Crippen molar-refractivity contribution in [2.75, 3.05) is 38.5 Å². The number of aryl methyl sites for hydroxylation is 1. The number of likely N-dealkylation sites (N-methyl/N-ethyl adjacent to an activating group) is 1. The first-order valence-corrected chi connectivity index (χ1v) is 11.6. The van der Waals surface area contributed by atoms with Gasteiger partial charge in [-0.15, -0.1) is 0 Å². The summed E-state index contributed by atoms with van der Waals surface area (Å²) in [6, 6.07) is 14.6. The van der Waals surface area contributed by atoms with E-state index < -0.39 is 0 Å². The number of hydrogen-bond donors (Lipinski definition) is 2. The Bertz CT molecular complexity index is 1010. The second kappa shape index (κ2) is 14.5. The fourth-order valence-corrected chi connectivity index (χ4v) is 3.47. The summed E-state index contributed by atoms with van der Waals surface area (Å²) in [4.78, 5) is 41.8. The third-order valence-electron chi connectivity index (χ3n) is 5.53. The van der Waals surface area contributed by atoms with E-state index in [9.17, 15) is 14.4 Å². The Balaban J connectivity index is 1.89. The number of anilines is 1. The van der Waals surface area contributed by atoms with Crippen molar-refractivity contribution in [2.24, 2.45) is 4.99 Å². The van der Waals surface area contributed by atoms with Crippen molar-refractivity contribution >= 4 is 29.5 Å². The Labute approximate surface area is 202 Å². The molecule has 180 valence electrons. The normalized spacial score (nSPS) is 11.6. The number of amides is 2. The second-order valence-electron chi connectivity index (χ2n) is 7.73. The van der Waals surface area contributed by atoms with Crippen LogP contribution >= 0.6 is 0 Å². The molecule has 2 aromatic rings. The van der Waals surface area contributed by atoms with Crippen molar-refractivity contribution in [1.29, 1.82) is 0 Å². The van der Waals surface area contributed by atoms with E-state index in [0.29, 0.717) is 42.8 Å². The van der Waals surface area contributed by atoms with Crippen LogP contribution in [0.4, 0.5) is 5.69 Å². The minimum Gasteiger partial charge on any atom is -0.351 e. The summed E-state index contributed by atoms with van der Waals surface area (Å²) in [6.45, 7) is 7.55. The number of benzene rings is 2. The van der Waals surface area contributed by atoms with E-state index >= 15 is 0 Å². The lowest BCUT2D eigenvalue weighted by Crippen LogP contribution is -2.34. The highest BCUT2D eigenvalue weighted by Gasteiger charge is 2.08. The summed E-state index contributed by atoms with van der Waals surface area (Å²) in [5.74, 6) is -0.120. The van der Waals surface area contributed by atoms with Crippen LogP contribution in [0.25, 0.3) is 0 Å². The zero-order chi connectivity index (χ0) is 24.8. The molecule has 0 aliphatic rings. The molecule has 0 fully saturated rings. The van der Waals surface area contributed by atoms with Crippen LogP contribution in [0, 0.1) is 0 Å². The second-order valence-corrected chi connectivity index (χ2v) is 7.73. The maximum absolute atomic E-state index is 12.4. The lowest BCUT2D eigenvalue weighted by Gasteiger charge is -2.17. The number of nitrogens with one attached hydrogen (secondary N) is 2. The molecular formula is C27H34N4O3. The molecule has 7 heteroatoms. The van der Waals surface area contributed by atoms with Crippen LogP contribution in [0.15, 0.2) is 65.7 Å². The zero-order valence-electron chi connectivity index (χ0n) is 20.2. The molecule has 0 radical (unpaired) electrons. The molecule has 0 heterocycles. The van der Waals surface area contributed by atoms with Gasteiger partial charge in [-0.2, -0.15) is 0 Å². The Morgan fingerprint density at radius 1 is 1.00 bits per heavy atom. The van der Waals surface area contributed by atoms with E-state index in [4.69, 9.17) is 0 Å².